The SMILES string of the molecule is CCC(=NNC(N)=S)c1ccc(C)cc1. The van der Waals surface area contributed by atoms with Crippen molar-refractivity contribution in [3.63, 3.8) is 0 Å². The Labute approximate surface area is 95.4 Å². The minimum absolute atomic E-state index is 0.188. The minimum Gasteiger partial charge on any atom is -0.375 e. The Hall–Kier alpha value is -1.42. The van der Waals surface area contributed by atoms with E-state index in [1.807, 2.05) is 19.1 Å². The lowest BCUT2D eigenvalue weighted by molar-refractivity contribution is 1.01. The Kier molecular flexibility index (Phi) is 4.24. The van der Waals surface area contributed by atoms with Crippen molar-refractivity contribution in [3.05, 3.63) is 35.4 Å². The summed E-state index contributed by atoms with van der Waals surface area (Å²) in [7, 11) is 0. The summed E-state index contributed by atoms with van der Waals surface area (Å²) in [6, 6.07) is 8.19. The van der Waals surface area contributed by atoms with Crippen LogP contribution in [0.1, 0.15) is 24.5 Å². The molecular formula is C11H15N3S. The summed E-state index contributed by atoms with van der Waals surface area (Å²) >= 11 is 4.69. The smallest absolute Gasteiger partial charge is 0.184 e. The maximum Gasteiger partial charge on any atom is 0.184 e. The zero-order valence-electron chi connectivity index (χ0n) is 8.95. The van der Waals surface area contributed by atoms with Crippen LogP contribution < -0.4 is 11.2 Å². The van der Waals surface area contributed by atoms with E-state index in [9.17, 15) is 0 Å². The first-order valence-electron chi connectivity index (χ1n) is 4.82. The van der Waals surface area contributed by atoms with Crippen molar-refractivity contribution < 1.29 is 0 Å². The van der Waals surface area contributed by atoms with E-state index in [-0.39, 0.29) is 5.11 Å². The Morgan fingerprint density at radius 1 is 1.40 bits per heavy atom. The lowest BCUT2D eigenvalue weighted by atomic mass is 10.1. The molecule has 1 aromatic rings. The second-order valence-electron chi connectivity index (χ2n) is 3.25. The molecule has 0 unspecified atom stereocenters. The Morgan fingerprint density at radius 3 is 2.47 bits per heavy atom. The van der Waals surface area contributed by atoms with E-state index < -0.39 is 0 Å². The third-order valence-corrected chi connectivity index (χ3v) is 2.11. The fraction of sp³-hybridized carbons (Fsp3) is 0.273. The van der Waals surface area contributed by atoms with Gasteiger partial charge in [0.15, 0.2) is 5.11 Å². The molecule has 15 heavy (non-hydrogen) atoms. The van der Waals surface area contributed by atoms with Gasteiger partial charge in [0.2, 0.25) is 0 Å². The quantitative estimate of drug-likeness (QED) is 0.466. The number of hydrogen-bond acceptors (Lipinski definition) is 2. The average Bonchev–Trinajstić information content (AvgIpc) is 2.21. The van der Waals surface area contributed by atoms with Crippen molar-refractivity contribution in [2.24, 2.45) is 10.8 Å². The normalized spacial score (nSPS) is 11.2. The van der Waals surface area contributed by atoms with Crippen molar-refractivity contribution in [1.82, 2.24) is 5.43 Å². The number of benzene rings is 1. The van der Waals surface area contributed by atoms with Crippen LogP contribution in [0.3, 0.4) is 0 Å². The van der Waals surface area contributed by atoms with Gasteiger partial charge >= 0.3 is 0 Å². The fourth-order valence-electron chi connectivity index (χ4n) is 1.22. The van der Waals surface area contributed by atoms with Crippen LogP contribution in [0, 0.1) is 6.92 Å². The van der Waals surface area contributed by atoms with Crippen LogP contribution in [-0.2, 0) is 0 Å². The van der Waals surface area contributed by atoms with Crippen molar-refractivity contribution in [2.75, 3.05) is 0 Å². The molecule has 80 valence electrons. The van der Waals surface area contributed by atoms with Gasteiger partial charge in [0.25, 0.3) is 0 Å². The van der Waals surface area contributed by atoms with Gasteiger partial charge in [-0.25, -0.2) is 0 Å². The zero-order chi connectivity index (χ0) is 11.3. The molecule has 0 spiro atoms. The van der Waals surface area contributed by atoms with Gasteiger partial charge in [0.05, 0.1) is 5.71 Å². The topological polar surface area (TPSA) is 50.4 Å². The summed E-state index contributed by atoms with van der Waals surface area (Å²) in [4.78, 5) is 0. The van der Waals surface area contributed by atoms with Crippen molar-refractivity contribution >= 4 is 23.0 Å². The van der Waals surface area contributed by atoms with Crippen LogP contribution in [0.2, 0.25) is 0 Å². The molecule has 4 heteroatoms. The molecule has 0 aromatic heterocycles. The first kappa shape index (κ1) is 11.7. The third kappa shape index (κ3) is 3.67. The maximum absolute atomic E-state index is 5.31. The first-order valence-corrected chi connectivity index (χ1v) is 5.23. The van der Waals surface area contributed by atoms with Crippen molar-refractivity contribution in [1.29, 1.82) is 0 Å². The number of thiocarbonyl (C=S) groups is 1. The Morgan fingerprint density at radius 2 is 2.00 bits per heavy atom. The number of aryl methyl sites for hydroxylation is 1. The molecule has 3 nitrogen and oxygen atoms in total. The van der Waals surface area contributed by atoms with Crippen LogP contribution in [-0.4, -0.2) is 10.8 Å². The molecule has 0 saturated heterocycles. The zero-order valence-corrected chi connectivity index (χ0v) is 9.77. The molecular weight excluding hydrogens is 206 g/mol. The molecule has 0 aliphatic carbocycles. The van der Waals surface area contributed by atoms with Crippen molar-refractivity contribution in [2.45, 2.75) is 20.3 Å². The van der Waals surface area contributed by atoms with E-state index in [1.54, 1.807) is 0 Å². The second-order valence-corrected chi connectivity index (χ2v) is 3.69. The predicted octanol–water partition coefficient (Wildman–Crippen LogP) is 1.94. The Bertz CT molecular complexity index is 368. The van der Waals surface area contributed by atoms with Gasteiger partial charge in [-0.15, -0.1) is 0 Å². The van der Waals surface area contributed by atoms with Gasteiger partial charge in [-0.2, -0.15) is 5.10 Å². The number of nitrogens with zero attached hydrogens (tertiary/aromatic N) is 1. The maximum atomic E-state index is 5.31. The van der Waals surface area contributed by atoms with Gasteiger partial charge in [0, 0.05) is 0 Å². The predicted molar refractivity (Wildman–Crippen MR) is 67.9 cm³/mol. The van der Waals surface area contributed by atoms with E-state index in [1.165, 1.54) is 5.56 Å². The molecule has 0 heterocycles. The summed E-state index contributed by atoms with van der Waals surface area (Å²) in [5.74, 6) is 0. The molecule has 0 atom stereocenters. The average molecular weight is 221 g/mol. The number of nitrogens with one attached hydrogen (secondary N) is 1. The lowest BCUT2D eigenvalue weighted by Crippen LogP contribution is -2.25. The van der Waals surface area contributed by atoms with Crippen LogP contribution in [0.4, 0.5) is 0 Å². The molecule has 1 aromatic carbocycles. The van der Waals surface area contributed by atoms with E-state index in [2.05, 4.69) is 29.6 Å². The van der Waals surface area contributed by atoms with Gasteiger partial charge in [-0.1, -0.05) is 36.8 Å². The van der Waals surface area contributed by atoms with Crippen LogP contribution in [0.15, 0.2) is 29.4 Å². The third-order valence-electron chi connectivity index (χ3n) is 2.02. The molecule has 0 radical (unpaired) electrons. The second kappa shape index (κ2) is 5.46. The summed E-state index contributed by atoms with van der Waals surface area (Å²) in [6.07, 6.45) is 0.832. The highest BCUT2D eigenvalue weighted by atomic mass is 32.1. The van der Waals surface area contributed by atoms with E-state index in [0.717, 1.165) is 17.7 Å². The highest BCUT2D eigenvalue weighted by molar-refractivity contribution is 7.80. The monoisotopic (exact) mass is 221 g/mol. The van der Waals surface area contributed by atoms with Crippen LogP contribution in [0.25, 0.3) is 0 Å². The number of nitrogens with two attached hydrogens (primary N) is 1. The molecule has 0 fully saturated rings. The summed E-state index contributed by atoms with van der Waals surface area (Å²) < 4.78 is 0. The molecule has 0 aliphatic heterocycles. The minimum atomic E-state index is 0.188. The largest absolute Gasteiger partial charge is 0.375 e. The molecule has 3 N–H and O–H groups in total. The van der Waals surface area contributed by atoms with Gasteiger partial charge in [-0.3, -0.25) is 5.43 Å². The van der Waals surface area contributed by atoms with Crippen LogP contribution in [0.5, 0.6) is 0 Å². The first-order chi connectivity index (χ1) is 7.13. The summed E-state index contributed by atoms with van der Waals surface area (Å²) in [6.45, 7) is 4.10. The molecule has 0 bridgehead atoms. The molecule has 0 aliphatic rings. The fourth-order valence-corrected chi connectivity index (χ4v) is 1.26. The van der Waals surface area contributed by atoms with Crippen molar-refractivity contribution in [3.8, 4) is 0 Å². The highest BCUT2D eigenvalue weighted by Gasteiger charge is 2.00. The standard InChI is InChI=1S/C11H15N3S/c1-3-10(13-14-11(12)15)9-6-4-8(2)5-7-9/h4-7H,3H2,1-2H3,(H3,12,14,15). The lowest BCUT2D eigenvalue weighted by Gasteiger charge is -2.04. The van der Waals surface area contributed by atoms with Gasteiger partial charge in [0.1, 0.15) is 0 Å². The number of hydrazone groups is 1. The molecule has 1 rings (SSSR count). The van der Waals surface area contributed by atoms with Gasteiger partial charge < -0.3 is 5.73 Å². The highest BCUT2D eigenvalue weighted by Crippen LogP contribution is 2.06. The Balaban J connectivity index is 2.87. The number of rotatable bonds is 3. The molecule has 0 amide bonds. The summed E-state index contributed by atoms with van der Waals surface area (Å²) in [5.41, 5.74) is 11.2. The van der Waals surface area contributed by atoms with E-state index >= 15 is 0 Å². The van der Waals surface area contributed by atoms with E-state index in [0.29, 0.717) is 0 Å². The molecule has 0 saturated carbocycles. The number of hydrogen-bond donors (Lipinski definition) is 2. The summed E-state index contributed by atoms with van der Waals surface area (Å²) in [5, 5.41) is 4.33. The van der Waals surface area contributed by atoms with Crippen LogP contribution >= 0.6 is 12.2 Å². The van der Waals surface area contributed by atoms with Gasteiger partial charge in [-0.05, 0) is 31.1 Å². The van der Waals surface area contributed by atoms with E-state index in [4.69, 9.17) is 18.0 Å².